The van der Waals surface area contributed by atoms with Crippen molar-refractivity contribution < 1.29 is 4.42 Å². The highest BCUT2D eigenvalue weighted by atomic mass is 16.3. The number of aromatic nitrogens is 4. The van der Waals surface area contributed by atoms with Gasteiger partial charge in [-0.3, -0.25) is 0 Å². The Bertz CT molecular complexity index is 3140. The molecule has 11 aromatic rings. The van der Waals surface area contributed by atoms with Crippen LogP contribution in [0.2, 0.25) is 0 Å². The van der Waals surface area contributed by atoms with E-state index in [0.29, 0.717) is 0 Å². The molecule has 50 heavy (non-hydrogen) atoms. The lowest BCUT2D eigenvalue weighted by Gasteiger charge is -2.15. The molecule has 5 nitrogen and oxygen atoms in total. The third-order valence-corrected chi connectivity index (χ3v) is 10.4. The average Bonchev–Trinajstić information content (AvgIpc) is 3.92. The molecule has 11 rings (SSSR count). The topological polar surface area (TPSA) is 40.8 Å². The Morgan fingerprint density at radius 1 is 0.520 bits per heavy atom. The summed E-state index contributed by atoms with van der Waals surface area (Å²) in [5.74, 6) is 0.966. The van der Waals surface area contributed by atoms with Gasteiger partial charge in [0.05, 0.1) is 38.8 Å². The fraction of sp³-hybridized carbons (Fsp3) is 0.0444. The molecule has 0 saturated heterocycles. The number of benzene rings is 7. The molecule has 0 saturated carbocycles. The normalized spacial score (nSPS) is 12.2. The minimum atomic E-state index is 0.813. The summed E-state index contributed by atoms with van der Waals surface area (Å²) in [6.07, 6.45) is 0. The zero-order valence-corrected chi connectivity index (χ0v) is 27.3. The third kappa shape index (κ3) is 3.53. The van der Waals surface area contributed by atoms with E-state index in [1.165, 1.54) is 21.5 Å². The van der Waals surface area contributed by atoms with Crippen molar-refractivity contribution >= 4 is 76.6 Å². The Kier molecular flexibility index (Phi) is 5.59. The van der Waals surface area contributed by atoms with Crippen LogP contribution in [-0.4, -0.2) is 18.7 Å². The van der Waals surface area contributed by atoms with Crippen LogP contribution in [0.5, 0.6) is 0 Å². The van der Waals surface area contributed by atoms with Gasteiger partial charge in [-0.05, 0) is 61.5 Å². The Balaban J connectivity index is 1.42. The maximum Gasteiger partial charge on any atom is 0.160 e. The molecule has 4 aromatic heterocycles. The summed E-state index contributed by atoms with van der Waals surface area (Å²) < 4.78 is 14.2. The van der Waals surface area contributed by atoms with Crippen LogP contribution in [0.1, 0.15) is 6.92 Å². The van der Waals surface area contributed by atoms with Gasteiger partial charge in [-0.1, -0.05) is 97.1 Å². The lowest BCUT2D eigenvalue weighted by Crippen LogP contribution is -2.02. The molecule has 0 unspecified atom stereocenters. The molecule has 0 aliphatic carbocycles. The number of aryl methyl sites for hydroxylation is 1. The van der Waals surface area contributed by atoms with Crippen molar-refractivity contribution in [2.24, 2.45) is 0 Å². The number of hydrogen-bond donors (Lipinski definition) is 0. The average molecular weight is 643 g/mol. The molecule has 7 aromatic carbocycles. The van der Waals surface area contributed by atoms with E-state index in [-0.39, 0.29) is 0 Å². The summed E-state index contributed by atoms with van der Waals surface area (Å²) in [5.41, 5.74) is 11.7. The number of rotatable bonds is 4. The summed E-state index contributed by atoms with van der Waals surface area (Å²) in [5, 5.41) is 6.99. The van der Waals surface area contributed by atoms with Crippen LogP contribution in [0.3, 0.4) is 0 Å². The van der Waals surface area contributed by atoms with Gasteiger partial charge in [0.1, 0.15) is 11.4 Å². The quantitative estimate of drug-likeness (QED) is 0.192. The smallest absolute Gasteiger partial charge is 0.160 e. The molecule has 0 fully saturated rings. The Labute approximate surface area is 286 Å². The van der Waals surface area contributed by atoms with Crippen LogP contribution in [0.25, 0.3) is 99.3 Å². The lowest BCUT2D eigenvalue weighted by atomic mass is 10.0. The van der Waals surface area contributed by atoms with E-state index >= 15 is 0 Å². The molecular weight excluding hydrogens is 613 g/mol. The number of imidazole rings is 1. The van der Waals surface area contributed by atoms with E-state index in [4.69, 9.17) is 9.40 Å². The van der Waals surface area contributed by atoms with E-state index in [9.17, 15) is 0 Å². The van der Waals surface area contributed by atoms with Crippen LogP contribution in [0, 0.1) is 0 Å². The van der Waals surface area contributed by atoms with Gasteiger partial charge >= 0.3 is 0 Å². The minimum Gasteiger partial charge on any atom is -0.454 e. The second-order valence-electron chi connectivity index (χ2n) is 13.0. The molecular formula is C45H30N4O. The van der Waals surface area contributed by atoms with Gasteiger partial charge in [-0.2, -0.15) is 0 Å². The maximum absolute atomic E-state index is 6.94. The van der Waals surface area contributed by atoms with E-state index < -0.39 is 0 Å². The molecule has 0 N–H and O–H groups in total. The van der Waals surface area contributed by atoms with Gasteiger partial charge in [0.15, 0.2) is 5.58 Å². The highest BCUT2D eigenvalue weighted by Gasteiger charge is 2.28. The van der Waals surface area contributed by atoms with Gasteiger partial charge in [-0.15, -0.1) is 0 Å². The van der Waals surface area contributed by atoms with Gasteiger partial charge < -0.3 is 18.1 Å². The molecule has 4 heterocycles. The molecule has 0 bridgehead atoms. The van der Waals surface area contributed by atoms with E-state index in [1.54, 1.807) is 0 Å². The Hall–Kier alpha value is -6.59. The van der Waals surface area contributed by atoms with Crippen LogP contribution >= 0.6 is 0 Å². The van der Waals surface area contributed by atoms with Crippen LogP contribution < -0.4 is 0 Å². The van der Waals surface area contributed by atoms with Gasteiger partial charge in [0.2, 0.25) is 0 Å². The SMILES string of the molecule is CCn1c(-c2ccccc2-n2c3ccccc3c3c4c5ccccc5oc4c4c(c5ccccc5n4-c4ccccc4)c32)nc2ccccc21. The summed E-state index contributed by atoms with van der Waals surface area (Å²) in [4.78, 5) is 5.25. The highest BCUT2D eigenvalue weighted by molar-refractivity contribution is 6.39. The predicted octanol–water partition coefficient (Wildman–Crippen LogP) is 11.8. The number of nitrogens with zero attached hydrogens (tertiary/aromatic N) is 4. The molecule has 0 aliphatic heterocycles. The molecule has 5 heteroatoms. The first-order chi connectivity index (χ1) is 24.8. The zero-order valence-electron chi connectivity index (χ0n) is 27.3. The van der Waals surface area contributed by atoms with Crippen molar-refractivity contribution in [3.8, 4) is 22.8 Å². The number of furan rings is 1. The number of hydrogen-bond acceptors (Lipinski definition) is 2. The predicted molar refractivity (Wildman–Crippen MR) is 207 cm³/mol. The maximum atomic E-state index is 6.94. The first kappa shape index (κ1) is 27.4. The van der Waals surface area contributed by atoms with Crippen molar-refractivity contribution in [3.63, 3.8) is 0 Å². The molecule has 0 aliphatic rings. The first-order valence-electron chi connectivity index (χ1n) is 17.2. The molecule has 0 atom stereocenters. The van der Waals surface area contributed by atoms with Crippen molar-refractivity contribution in [1.29, 1.82) is 0 Å². The minimum absolute atomic E-state index is 0.813. The van der Waals surface area contributed by atoms with E-state index in [2.05, 4.69) is 172 Å². The summed E-state index contributed by atoms with van der Waals surface area (Å²) in [6, 6.07) is 53.9. The van der Waals surface area contributed by atoms with E-state index in [1.807, 2.05) is 0 Å². The van der Waals surface area contributed by atoms with Crippen molar-refractivity contribution in [2.45, 2.75) is 13.5 Å². The fourth-order valence-electron chi connectivity index (χ4n) is 8.44. The van der Waals surface area contributed by atoms with Crippen molar-refractivity contribution in [2.75, 3.05) is 0 Å². The van der Waals surface area contributed by atoms with Crippen molar-refractivity contribution in [1.82, 2.24) is 18.7 Å². The second-order valence-corrected chi connectivity index (χ2v) is 13.0. The first-order valence-corrected chi connectivity index (χ1v) is 17.2. The second kappa shape index (κ2) is 10.2. The molecule has 0 radical (unpaired) electrons. The van der Waals surface area contributed by atoms with Gasteiger partial charge in [0.25, 0.3) is 0 Å². The molecule has 0 amide bonds. The third-order valence-electron chi connectivity index (χ3n) is 10.4. The Morgan fingerprint density at radius 2 is 1.14 bits per heavy atom. The molecule has 236 valence electrons. The summed E-state index contributed by atoms with van der Waals surface area (Å²) in [7, 11) is 0. The van der Waals surface area contributed by atoms with E-state index in [0.717, 1.165) is 84.3 Å². The van der Waals surface area contributed by atoms with Gasteiger partial charge in [0, 0.05) is 50.1 Å². The molecule has 0 spiro atoms. The van der Waals surface area contributed by atoms with Crippen LogP contribution in [0.15, 0.2) is 156 Å². The highest BCUT2D eigenvalue weighted by Crippen LogP contribution is 2.50. The summed E-state index contributed by atoms with van der Waals surface area (Å²) in [6.45, 7) is 3.01. The number of para-hydroxylation sites is 7. The fourth-order valence-corrected chi connectivity index (χ4v) is 8.44. The lowest BCUT2D eigenvalue weighted by molar-refractivity contribution is 0.671. The summed E-state index contributed by atoms with van der Waals surface area (Å²) >= 11 is 0. The van der Waals surface area contributed by atoms with Crippen molar-refractivity contribution in [3.05, 3.63) is 152 Å². The standard InChI is InChI=1S/C45H30N4O/c1-2-47-37-26-14-10-22-33(37)46-45(47)31-20-8-13-25-36(31)49-35-24-12-6-18-29(35)39-40-32-21-9-15-27-38(32)50-44(40)43-41(42(39)49)30-19-7-11-23-34(30)48(43)28-16-4-3-5-17-28/h3-27H,2H2,1H3. The van der Waals surface area contributed by atoms with Crippen LogP contribution in [-0.2, 0) is 6.54 Å². The zero-order chi connectivity index (χ0) is 32.9. The Morgan fingerprint density at radius 3 is 1.94 bits per heavy atom. The van der Waals surface area contributed by atoms with Gasteiger partial charge in [-0.25, -0.2) is 4.98 Å². The van der Waals surface area contributed by atoms with Crippen LogP contribution in [0.4, 0.5) is 0 Å². The monoisotopic (exact) mass is 642 g/mol. The number of fused-ring (bicyclic) bond motifs is 13. The largest absolute Gasteiger partial charge is 0.454 e.